The van der Waals surface area contributed by atoms with Crippen LogP contribution < -0.4 is 16.0 Å². The molecule has 0 aliphatic heterocycles. The summed E-state index contributed by atoms with van der Waals surface area (Å²) in [5.41, 5.74) is -1.63. The summed E-state index contributed by atoms with van der Waals surface area (Å²) in [4.78, 5) is 60.8. The van der Waals surface area contributed by atoms with E-state index in [2.05, 4.69) is 10.6 Å². The fraction of sp³-hybridized carbons (Fsp3) is 0.773. The maximum Gasteiger partial charge on any atom is 0.408 e. The Morgan fingerprint density at radius 1 is 0.824 bits per heavy atom. The lowest BCUT2D eigenvalue weighted by atomic mass is 9.86. The zero-order chi connectivity index (χ0) is 27.0. The molecule has 0 saturated heterocycles. The van der Waals surface area contributed by atoms with Gasteiger partial charge >= 0.3 is 12.1 Å². The number of alkyl halides is 2. The Morgan fingerprint density at radius 2 is 1.32 bits per heavy atom. The number of carboxylic acids is 1. The van der Waals surface area contributed by atoms with Gasteiger partial charge in [0.1, 0.15) is 23.7 Å². The molecule has 3 amide bonds. The second-order valence-electron chi connectivity index (χ2n) is 10.5. The lowest BCUT2D eigenvalue weighted by molar-refractivity contribution is -0.151. The molecule has 0 aliphatic carbocycles. The first-order chi connectivity index (χ1) is 15.2. The number of rotatable bonds is 11. The summed E-state index contributed by atoms with van der Waals surface area (Å²) in [6.07, 6.45) is -5.03. The van der Waals surface area contributed by atoms with Crippen molar-refractivity contribution in [3.63, 3.8) is 0 Å². The van der Waals surface area contributed by atoms with E-state index < -0.39 is 71.6 Å². The van der Waals surface area contributed by atoms with Gasteiger partial charge in [0, 0.05) is 6.42 Å². The van der Waals surface area contributed by atoms with E-state index >= 15 is 0 Å². The normalized spacial score (nSPS) is 14.7. The van der Waals surface area contributed by atoms with Crippen LogP contribution in [-0.4, -0.2) is 64.9 Å². The van der Waals surface area contributed by atoms with Crippen LogP contribution in [0.5, 0.6) is 0 Å². The molecule has 0 aromatic heterocycles. The highest BCUT2D eigenvalue weighted by Crippen LogP contribution is 2.21. The van der Waals surface area contributed by atoms with E-state index in [1.54, 1.807) is 55.4 Å². The van der Waals surface area contributed by atoms with E-state index in [1.807, 2.05) is 5.32 Å². The maximum absolute atomic E-state index is 13.1. The van der Waals surface area contributed by atoms with E-state index in [4.69, 9.17) is 9.84 Å². The summed E-state index contributed by atoms with van der Waals surface area (Å²) in [6.45, 7) is 13.5. The van der Waals surface area contributed by atoms with Gasteiger partial charge in [-0.05, 0) is 38.5 Å². The lowest BCUT2D eigenvalue weighted by Crippen LogP contribution is -2.59. The number of halogens is 2. The van der Waals surface area contributed by atoms with Crippen molar-refractivity contribution in [2.75, 3.05) is 0 Å². The van der Waals surface area contributed by atoms with Crippen LogP contribution in [0.2, 0.25) is 0 Å². The van der Waals surface area contributed by atoms with Crippen LogP contribution in [-0.2, 0) is 23.9 Å². The fourth-order valence-electron chi connectivity index (χ4n) is 2.89. The summed E-state index contributed by atoms with van der Waals surface area (Å²) in [7, 11) is 0. The molecule has 0 spiro atoms. The zero-order valence-electron chi connectivity index (χ0n) is 21.0. The van der Waals surface area contributed by atoms with Crippen molar-refractivity contribution in [3.8, 4) is 0 Å². The highest BCUT2D eigenvalue weighted by Gasteiger charge is 2.37. The molecule has 0 aliphatic rings. The first kappa shape index (κ1) is 31.2. The Hall–Kier alpha value is -2.79. The van der Waals surface area contributed by atoms with Crippen molar-refractivity contribution < 1.29 is 42.6 Å². The SMILES string of the molecule is CC(C)CC(NC(=O)C(NC(=O)OC(C)(C)C)C(C)(C)C)C(=O)NC(CC(F)F)C(=O)C(=O)O. The Kier molecular flexibility index (Phi) is 11.6. The van der Waals surface area contributed by atoms with Gasteiger partial charge in [0.05, 0.1) is 0 Å². The summed E-state index contributed by atoms with van der Waals surface area (Å²) in [6, 6.07) is -4.38. The van der Waals surface area contributed by atoms with Gasteiger partial charge in [-0.3, -0.25) is 14.4 Å². The molecule has 34 heavy (non-hydrogen) atoms. The summed E-state index contributed by atoms with van der Waals surface area (Å²) < 4.78 is 30.9. The Labute approximate surface area is 198 Å². The molecule has 0 fully saturated rings. The number of nitrogens with one attached hydrogen (secondary N) is 3. The average molecular weight is 494 g/mol. The third-order valence-electron chi connectivity index (χ3n) is 4.39. The van der Waals surface area contributed by atoms with Crippen molar-refractivity contribution in [2.24, 2.45) is 11.3 Å². The Balaban J connectivity index is 5.74. The molecular formula is C22H37F2N3O7. The molecule has 0 aromatic rings. The standard InChI is InChI=1S/C22H37F2N3O7/c1-11(2)9-13(17(29)25-12(10-14(23)24)15(28)19(31)32)26-18(30)16(21(3,4)5)27-20(33)34-22(6,7)8/h11-14,16H,9-10H2,1-8H3,(H,25,29)(H,26,30)(H,27,33)(H,31,32). The van der Waals surface area contributed by atoms with Gasteiger partial charge in [-0.15, -0.1) is 0 Å². The molecule has 0 saturated carbocycles. The molecule has 0 radical (unpaired) electrons. The number of carbonyl (C=O) groups is 5. The number of ether oxygens (including phenoxy) is 1. The van der Waals surface area contributed by atoms with Crippen LogP contribution in [0.15, 0.2) is 0 Å². The minimum atomic E-state index is -3.05. The number of alkyl carbamates (subject to hydrolysis) is 1. The minimum absolute atomic E-state index is 0.0591. The summed E-state index contributed by atoms with van der Waals surface area (Å²) >= 11 is 0. The van der Waals surface area contributed by atoms with Crippen LogP contribution in [0.3, 0.4) is 0 Å². The predicted octanol–water partition coefficient (Wildman–Crippen LogP) is 2.25. The molecule has 0 heterocycles. The number of hydrogen-bond donors (Lipinski definition) is 4. The maximum atomic E-state index is 13.1. The lowest BCUT2D eigenvalue weighted by Gasteiger charge is -2.33. The van der Waals surface area contributed by atoms with Crippen molar-refractivity contribution >= 4 is 29.7 Å². The number of ketones is 1. The van der Waals surface area contributed by atoms with Crippen LogP contribution in [0, 0.1) is 11.3 Å². The highest BCUT2D eigenvalue weighted by atomic mass is 19.3. The average Bonchev–Trinajstić information content (AvgIpc) is 2.60. The topological polar surface area (TPSA) is 151 Å². The molecule has 10 nitrogen and oxygen atoms in total. The quantitative estimate of drug-likeness (QED) is 0.322. The van der Waals surface area contributed by atoms with E-state index in [9.17, 15) is 32.8 Å². The van der Waals surface area contributed by atoms with Crippen molar-refractivity contribution in [1.29, 1.82) is 0 Å². The highest BCUT2D eigenvalue weighted by molar-refractivity contribution is 6.35. The van der Waals surface area contributed by atoms with Crippen LogP contribution in [0.25, 0.3) is 0 Å². The number of carbonyl (C=O) groups excluding carboxylic acids is 4. The number of hydrogen-bond acceptors (Lipinski definition) is 6. The number of Topliss-reactive ketones (excluding diaryl/α,β-unsaturated/α-hetero) is 1. The summed E-state index contributed by atoms with van der Waals surface area (Å²) in [5.74, 6) is -5.44. The van der Waals surface area contributed by atoms with E-state index in [0.717, 1.165) is 0 Å². The molecule has 4 N–H and O–H groups in total. The van der Waals surface area contributed by atoms with Crippen LogP contribution >= 0.6 is 0 Å². The number of carboxylic acid groups (broad SMARTS) is 1. The predicted molar refractivity (Wildman–Crippen MR) is 119 cm³/mol. The molecule has 0 rings (SSSR count). The van der Waals surface area contributed by atoms with E-state index in [1.165, 1.54) is 0 Å². The van der Waals surface area contributed by atoms with Crippen LogP contribution in [0.1, 0.15) is 68.2 Å². The van der Waals surface area contributed by atoms with Gasteiger partial charge in [-0.2, -0.15) is 0 Å². The van der Waals surface area contributed by atoms with Gasteiger partial charge in [0.2, 0.25) is 18.2 Å². The Morgan fingerprint density at radius 3 is 1.71 bits per heavy atom. The van der Waals surface area contributed by atoms with Gasteiger partial charge < -0.3 is 25.8 Å². The third-order valence-corrected chi connectivity index (χ3v) is 4.39. The largest absolute Gasteiger partial charge is 0.475 e. The second kappa shape index (κ2) is 12.6. The van der Waals surface area contributed by atoms with Crippen molar-refractivity contribution in [1.82, 2.24) is 16.0 Å². The van der Waals surface area contributed by atoms with Crippen molar-refractivity contribution in [2.45, 2.75) is 98.4 Å². The van der Waals surface area contributed by atoms with E-state index in [0.29, 0.717) is 0 Å². The molecule has 0 bridgehead atoms. The zero-order valence-corrected chi connectivity index (χ0v) is 21.0. The monoisotopic (exact) mass is 493 g/mol. The first-order valence-corrected chi connectivity index (χ1v) is 10.9. The van der Waals surface area contributed by atoms with Gasteiger partial charge in [-0.25, -0.2) is 18.4 Å². The second-order valence-corrected chi connectivity index (χ2v) is 10.5. The summed E-state index contributed by atoms with van der Waals surface area (Å²) in [5, 5.41) is 15.8. The molecule has 3 unspecified atom stereocenters. The van der Waals surface area contributed by atoms with Gasteiger partial charge in [0.15, 0.2) is 0 Å². The first-order valence-electron chi connectivity index (χ1n) is 10.9. The van der Waals surface area contributed by atoms with Gasteiger partial charge in [-0.1, -0.05) is 34.6 Å². The molecule has 196 valence electrons. The molecule has 3 atom stereocenters. The Bertz CT molecular complexity index is 759. The molecular weight excluding hydrogens is 456 g/mol. The third kappa shape index (κ3) is 11.9. The number of aliphatic carboxylic acids is 1. The van der Waals surface area contributed by atoms with Crippen LogP contribution in [0.4, 0.5) is 13.6 Å². The van der Waals surface area contributed by atoms with Gasteiger partial charge in [0.25, 0.3) is 5.78 Å². The van der Waals surface area contributed by atoms with Crippen molar-refractivity contribution in [3.05, 3.63) is 0 Å². The number of amides is 3. The minimum Gasteiger partial charge on any atom is -0.475 e. The molecule has 12 heteroatoms. The van der Waals surface area contributed by atoms with E-state index in [-0.39, 0.29) is 12.3 Å². The fourth-order valence-corrected chi connectivity index (χ4v) is 2.89. The molecule has 0 aromatic carbocycles. The smallest absolute Gasteiger partial charge is 0.408 e.